The summed E-state index contributed by atoms with van der Waals surface area (Å²) in [5.41, 5.74) is 0.0128. The SMILES string of the molecule is O=C(NCC1(O)CCC1)C1CCN(c2ccccc2[N+](=O)[O-])CC1. The molecule has 2 fully saturated rings. The van der Waals surface area contributed by atoms with E-state index in [1.165, 1.54) is 6.07 Å². The van der Waals surface area contributed by atoms with Gasteiger partial charge in [0, 0.05) is 31.6 Å². The molecule has 3 rings (SSSR count). The molecule has 0 atom stereocenters. The van der Waals surface area contributed by atoms with Crippen LogP contribution >= 0.6 is 0 Å². The highest BCUT2D eigenvalue weighted by molar-refractivity contribution is 5.79. The van der Waals surface area contributed by atoms with E-state index in [1.54, 1.807) is 18.2 Å². The van der Waals surface area contributed by atoms with Gasteiger partial charge in [0.1, 0.15) is 5.69 Å². The van der Waals surface area contributed by atoms with Crippen LogP contribution in [0.4, 0.5) is 11.4 Å². The number of hydrogen-bond acceptors (Lipinski definition) is 5. The summed E-state index contributed by atoms with van der Waals surface area (Å²) in [5, 5.41) is 24.0. The molecule has 24 heavy (non-hydrogen) atoms. The summed E-state index contributed by atoms with van der Waals surface area (Å²) in [5.74, 6) is -0.106. The molecule has 1 saturated heterocycles. The molecule has 2 aliphatic rings. The zero-order valence-corrected chi connectivity index (χ0v) is 13.6. The first-order chi connectivity index (χ1) is 11.5. The Labute approximate surface area is 140 Å². The number of para-hydroxylation sites is 2. The van der Waals surface area contributed by atoms with Crippen molar-refractivity contribution in [3.8, 4) is 0 Å². The normalized spacial score (nSPS) is 20.3. The number of carbonyl (C=O) groups is 1. The zero-order chi connectivity index (χ0) is 17.2. The molecule has 1 aliphatic carbocycles. The number of aliphatic hydroxyl groups is 1. The fourth-order valence-electron chi connectivity index (χ4n) is 3.43. The van der Waals surface area contributed by atoms with Crippen LogP contribution < -0.4 is 10.2 Å². The van der Waals surface area contributed by atoms with Gasteiger partial charge >= 0.3 is 0 Å². The topological polar surface area (TPSA) is 95.7 Å². The van der Waals surface area contributed by atoms with Crippen molar-refractivity contribution < 1.29 is 14.8 Å². The fourth-order valence-corrected chi connectivity index (χ4v) is 3.43. The lowest BCUT2D eigenvalue weighted by molar-refractivity contribution is -0.384. The molecule has 0 spiro atoms. The van der Waals surface area contributed by atoms with Crippen molar-refractivity contribution in [3.63, 3.8) is 0 Å². The van der Waals surface area contributed by atoms with Crippen LogP contribution in [0.1, 0.15) is 32.1 Å². The second-order valence-electron chi connectivity index (χ2n) is 6.80. The molecule has 0 bridgehead atoms. The largest absolute Gasteiger partial charge is 0.388 e. The van der Waals surface area contributed by atoms with Crippen LogP contribution in [-0.2, 0) is 4.79 Å². The van der Waals surface area contributed by atoms with E-state index in [1.807, 2.05) is 4.90 Å². The van der Waals surface area contributed by atoms with Crippen molar-refractivity contribution in [1.29, 1.82) is 0 Å². The predicted molar refractivity (Wildman–Crippen MR) is 89.8 cm³/mol. The standard InChI is InChI=1S/C17H23N3O4/c21-16(18-12-17(22)8-3-9-17)13-6-10-19(11-7-13)14-4-1-2-5-15(14)20(23)24/h1-2,4-5,13,22H,3,6-12H2,(H,18,21). The third-order valence-corrected chi connectivity index (χ3v) is 5.16. The maximum atomic E-state index is 12.3. The number of piperidine rings is 1. The van der Waals surface area contributed by atoms with Gasteiger partial charge in [-0.15, -0.1) is 0 Å². The van der Waals surface area contributed by atoms with Crippen LogP contribution in [0.2, 0.25) is 0 Å². The van der Waals surface area contributed by atoms with Crippen LogP contribution in [0.25, 0.3) is 0 Å². The average molecular weight is 333 g/mol. The Bertz CT molecular complexity index is 622. The first-order valence-electron chi connectivity index (χ1n) is 8.47. The van der Waals surface area contributed by atoms with E-state index < -0.39 is 5.60 Å². The van der Waals surface area contributed by atoms with E-state index >= 15 is 0 Å². The van der Waals surface area contributed by atoms with Crippen LogP contribution in [0.15, 0.2) is 24.3 Å². The summed E-state index contributed by atoms with van der Waals surface area (Å²) in [4.78, 5) is 25.0. The lowest BCUT2D eigenvalue weighted by Gasteiger charge is -2.37. The number of nitrogens with zero attached hydrogens (tertiary/aromatic N) is 2. The molecule has 1 saturated carbocycles. The van der Waals surface area contributed by atoms with E-state index in [-0.39, 0.29) is 22.4 Å². The average Bonchev–Trinajstić information content (AvgIpc) is 2.58. The number of nitro groups is 1. The minimum absolute atomic E-state index is 0.0162. The first kappa shape index (κ1) is 16.7. The van der Waals surface area contributed by atoms with Crippen LogP contribution in [0.5, 0.6) is 0 Å². The summed E-state index contributed by atoms with van der Waals surface area (Å²) in [6, 6.07) is 6.71. The maximum Gasteiger partial charge on any atom is 0.292 e. The molecule has 1 heterocycles. The Morgan fingerprint density at radius 3 is 2.58 bits per heavy atom. The van der Waals surface area contributed by atoms with E-state index in [0.29, 0.717) is 38.2 Å². The second kappa shape index (κ2) is 6.76. The third kappa shape index (κ3) is 3.51. The lowest BCUT2D eigenvalue weighted by atomic mass is 9.80. The summed E-state index contributed by atoms with van der Waals surface area (Å²) < 4.78 is 0. The Balaban J connectivity index is 1.54. The maximum absolute atomic E-state index is 12.3. The van der Waals surface area contributed by atoms with E-state index in [2.05, 4.69) is 5.32 Å². The van der Waals surface area contributed by atoms with Crippen LogP contribution in [0, 0.1) is 16.0 Å². The Kier molecular flexibility index (Phi) is 4.71. The molecule has 1 aromatic rings. The third-order valence-electron chi connectivity index (χ3n) is 5.16. The predicted octanol–water partition coefficient (Wildman–Crippen LogP) is 1.84. The highest BCUT2D eigenvalue weighted by Crippen LogP contribution is 2.32. The molecule has 0 unspecified atom stereocenters. The van der Waals surface area contributed by atoms with Gasteiger partial charge in [-0.1, -0.05) is 12.1 Å². The van der Waals surface area contributed by atoms with Gasteiger partial charge in [0.05, 0.1) is 10.5 Å². The Morgan fingerprint density at radius 2 is 2.00 bits per heavy atom. The lowest BCUT2D eigenvalue weighted by Crippen LogP contribution is -2.50. The van der Waals surface area contributed by atoms with Crippen molar-refractivity contribution in [2.75, 3.05) is 24.5 Å². The van der Waals surface area contributed by atoms with Crippen LogP contribution in [-0.4, -0.2) is 41.2 Å². The summed E-state index contributed by atoms with van der Waals surface area (Å²) in [7, 11) is 0. The number of amides is 1. The highest BCUT2D eigenvalue weighted by atomic mass is 16.6. The number of carbonyl (C=O) groups excluding carboxylic acids is 1. The number of hydrogen-bond donors (Lipinski definition) is 2. The minimum atomic E-state index is -0.707. The number of anilines is 1. The second-order valence-corrected chi connectivity index (χ2v) is 6.80. The molecule has 7 heteroatoms. The fraction of sp³-hybridized carbons (Fsp3) is 0.588. The number of benzene rings is 1. The number of nitro benzene ring substituents is 1. The van der Waals surface area contributed by atoms with Crippen molar-refractivity contribution >= 4 is 17.3 Å². The zero-order valence-electron chi connectivity index (χ0n) is 13.6. The first-order valence-corrected chi connectivity index (χ1v) is 8.47. The van der Waals surface area contributed by atoms with Gasteiger partial charge in [0.15, 0.2) is 0 Å². The van der Waals surface area contributed by atoms with Gasteiger partial charge in [-0.2, -0.15) is 0 Å². The minimum Gasteiger partial charge on any atom is -0.388 e. The van der Waals surface area contributed by atoms with Crippen LogP contribution in [0.3, 0.4) is 0 Å². The summed E-state index contributed by atoms with van der Waals surface area (Å²) in [6.45, 7) is 1.57. The highest BCUT2D eigenvalue weighted by Gasteiger charge is 2.35. The molecule has 0 radical (unpaired) electrons. The van der Waals surface area contributed by atoms with E-state index in [0.717, 1.165) is 19.3 Å². The molecule has 1 amide bonds. The van der Waals surface area contributed by atoms with Gasteiger partial charge < -0.3 is 15.3 Å². The Morgan fingerprint density at radius 1 is 1.33 bits per heavy atom. The van der Waals surface area contributed by atoms with Crippen molar-refractivity contribution in [2.45, 2.75) is 37.7 Å². The van der Waals surface area contributed by atoms with Gasteiger partial charge in [-0.05, 0) is 38.2 Å². The monoisotopic (exact) mass is 333 g/mol. The summed E-state index contributed by atoms with van der Waals surface area (Å²) in [6.07, 6.45) is 3.85. The molecular formula is C17H23N3O4. The van der Waals surface area contributed by atoms with Gasteiger partial charge in [0.2, 0.25) is 5.91 Å². The Hall–Kier alpha value is -2.15. The molecule has 1 aromatic carbocycles. The molecule has 1 aliphatic heterocycles. The van der Waals surface area contributed by atoms with E-state index in [4.69, 9.17) is 0 Å². The van der Waals surface area contributed by atoms with Gasteiger partial charge in [0.25, 0.3) is 5.69 Å². The molecule has 7 nitrogen and oxygen atoms in total. The molecule has 0 aromatic heterocycles. The molecular weight excluding hydrogens is 310 g/mol. The molecule has 130 valence electrons. The number of nitrogens with one attached hydrogen (secondary N) is 1. The smallest absolute Gasteiger partial charge is 0.292 e. The van der Waals surface area contributed by atoms with E-state index in [9.17, 15) is 20.0 Å². The molecule has 2 N–H and O–H groups in total. The van der Waals surface area contributed by atoms with Crippen molar-refractivity contribution in [3.05, 3.63) is 34.4 Å². The van der Waals surface area contributed by atoms with Crippen molar-refractivity contribution in [2.24, 2.45) is 5.92 Å². The quantitative estimate of drug-likeness (QED) is 0.633. The summed E-state index contributed by atoms with van der Waals surface area (Å²) >= 11 is 0. The van der Waals surface area contributed by atoms with Gasteiger partial charge in [-0.25, -0.2) is 0 Å². The van der Waals surface area contributed by atoms with Gasteiger partial charge in [-0.3, -0.25) is 14.9 Å². The number of rotatable bonds is 5. The van der Waals surface area contributed by atoms with Crippen molar-refractivity contribution in [1.82, 2.24) is 5.32 Å².